The van der Waals surface area contributed by atoms with Crippen LogP contribution in [0.4, 0.5) is 5.69 Å². The van der Waals surface area contributed by atoms with E-state index in [4.69, 9.17) is 0 Å². The third kappa shape index (κ3) is 4.73. The summed E-state index contributed by atoms with van der Waals surface area (Å²) in [5.74, 6) is -0.928. The van der Waals surface area contributed by atoms with Crippen LogP contribution in [0.1, 0.15) is 15.9 Å². The highest BCUT2D eigenvalue weighted by Crippen LogP contribution is 2.14. The minimum atomic E-state index is -0.547. The zero-order valence-corrected chi connectivity index (χ0v) is 12.5. The minimum absolute atomic E-state index is 0.118. The third-order valence-corrected chi connectivity index (χ3v) is 2.97. The van der Waals surface area contributed by atoms with Gasteiger partial charge in [-0.05, 0) is 18.2 Å². The maximum atomic E-state index is 11.8. The summed E-state index contributed by atoms with van der Waals surface area (Å²) in [7, 11) is 0. The Morgan fingerprint density at radius 3 is 2.46 bits per heavy atom. The maximum Gasteiger partial charge on any atom is 0.278 e. The van der Waals surface area contributed by atoms with Crippen LogP contribution in [0.3, 0.4) is 0 Å². The number of hydrogen-bond acceptors (Lipinski definition) is 5. The number of carbonyl (C=O) groups excluding carboxylic acids is 2. The molecule has 8 heteroatoms. The molecule has 0 fully saturated rings. The number of amides is 2. The van der Waals surface area contributed by atoms with Gasteiger partial charge in [0.15, 0.2) is 0 Å². The van der Waals surface area contributed by atoms with Crippen molar-refractivity contribution in [3.05, 3.63) is 75.8 Å². The molecule has 0 atom stereocenters. The lowest BCUT2D eigenvalue weighted by Crippen LogP contribution is -2.34. The third-order valence-electron chi connectivity index (χ3n) is 2.97. The zero-order valence-electron chi connectivity index (χ0n) is 12.5. The van der Waals surface area contributed by atoms with Crippen molar-refractivity contribution in [2.45, 2.75) is 0 Å². The van der Waals surface area contributed by atoms with Crippen LogP contribution in [0, 0.1) is 10.1 Å². The first-order valence-corrected chi connectivity index (χ1v) is 6.96. The zero-order chi connectivity index (χ0) is 17.4. The van der Waals surface area contributed by atoms with E-state index < -0.39 is 10.8 Å². The van der Waals surface area contributed by atoms with E-state index in [1.807, 2.05) is 0 Å². The number of hydrogen-bond donors (Lipinski definition) is 2. The van der Waals surface area contributed by atoms with Crippen LogP contribution in [-0.4, -0.2) is 29.5 Å². The highest BCUT2D eigenvalue weighted by Gasteiger charge is 2.10. The van der Waals surface area contributed by atoms with Gasteiger partial charge >= 0.3 is 0 Å². The molecule has 2 rings (SSSR count). The smallest absolute Gasteiger partial charge is 0.278 e. The largest absolute Gasteiger partial charge is 0.343 e. The molecule has 2 aromatic rings. The number of nitro benzene ring substituents is 1. The van der Waals surface area contributed by atoms with Crippen LogP contribution in [0.15, 0.2) is 59.7 Å². The molecule has 8 nitrogen and oxygen atoms in total. The summed E-state index contributed by atoms with van der Waals surface area (Å²) < 4.78 is 0. The number of carbonyl (C=O) groups is 2. The van der Waals surface area contributed by atoms with Gasteiger partial charge in [-0.1, -0.05) is 30.3 Å². The van der Waals surface area contributed by atoms with E-state index >= 15 is 0 Å². The van der Waals surface area contributed by atoms with Gasteiger partial charge in [0.1, 0.15) is 0 Å². The molecule has 2 N–H and O–H groups in total. The summed E-state index contributed by atoms with van der Waals surface area (Å²) in [5.41, 5.74) is 2.78. The normalized spacial score (nSPS) is 10.3. The van der Waals surface area contributed by atoms with Crippen LogP contribution in [0.25, 0.3) is 0 Å². The number of rotatable bonds is 6. The Balaban J connectivity index is 1.85. The van der Waals surface area contributed by atoms with Crippen LogP contribution in [-0.2, 0) is 4.79 Å². The van der Waals surface area contributed by atoms with E-state index in [0.29, 0.717) is 5.56 Å². The van der Waals surface area contributed by atoms with Crippen molar-refractivity contribution < 1.29 is 14.5 Å². The van der Waals surface area contributed by atoms with E-state index in [1.54, 1.807) is 36.4 Å². The van der Waals surface area contributed by atoms with E-state index in [9.17, 15) is 19.7 Å². The fourth-order valence-corrected chi connectivity index (χ4v) is 1.83. The lowest BCUT2D eigenvalue weighted by atomic mass is 10.2. The monoisotopic (exact) mass is 326 g/mol. The molecule has 0 aromatic heterocycles. The van der Waals surface area contributed by atoms with Crippen LogP contribution >= 0.6 is 0 Å². The average Bonchev–Trinajstić information content (AvgIpc) is 2.60. The lowest BCUT2D eigenvalue weighted by Gasteiger charge is -2.04. The Morgan fingerprint density at radius 1 is 1.08 bits per heavy atom. The Morgan fingerprint density at radius 2 is 1.75 bits per heavy atom. The summed E-state index contributed by atoms with van der Waals surface area (Å²) >= 11 is 0. The van der Waals surface area contributed by atoms with Crippen LogP contribution in [0.2, 0.25) is 0 Å². The number of benzene rings is 2. The summed E-state index contributed by atoms with van der Waals surface area (Å²) in [4.78, 5) is 33.7. The molecule has 0 heterocycles. The lowest BCUT2D eigenvalue weighted by molar-refractivity contribution is -0.385. The minimum Gasteiger partial charge on any atom is -0.343 e. The molecule has 0 bridgehead atoms. The molecule has 0 aliphatic rings. The first-order valence-electron chi connectivity index (χ1n) is 6.96. The second kappa shape index (κ2) is 8.18. The van der Waals surface area contributed by atoms with Crippen molar-refractivity contribution in [1.82, 2.24) is 10.7 Å². The van der Waals surface area contributed by atoms with E-state index in [0.717, 1.165) is 0 Å². The first-order chi connectivity index (χ1) is 11.6. The van der Waals surface area contributed by atoms with Gasteiger partial charge in [0.2, 0.25) is 0 Å². The van der Waals surface area contributed by atoms with Gasteiger partial charge in [-0.25, -0.2) is 5.43 Å². The molecule has 2 amide bonds. The highest BCUT2D eigenvalue weighted by atomic mass is 16.6. The maximum absolute atomic E-state index is 11.8. The topological polar surface area (TPSA) is 114 Å². The van der Waals surface area contributed by atoms with Gasteiger partial charge in [0.05, 0.1) is 23.2 Å². The predicted molar refractivity (Wildman–Crippen MR) is 87.6 cm³/mol. The summed E-state index contributed by atoms with van der Waals surface area (Å²) in [6, 6.07) is 14.5. The fraction of sp³-hybridized carbons (Fsp3) is 0.0625. The number of nitrogens with zero attached hydrogens (tertiary/aromatic N) is 2. The molecular weight excluding hydrogens is 312 g/mol. The average molecular weight is 326 g/mol. The fourth-order valence-electron chi connectivity index (χ4n) is 1.83. The highest BCUT2D eigenvalue weighted by molar-refractivity contribution is 5.96. The first kappa shape index (κ1) is 16.8. The number of hydrazone groups is 1. The van der Waals surface area contributed by atoms with Crippen molar-refractivity contribution in [2.75, 3.05) is 6.54 Å². The summed E-state index contributed by atoms with van der Waals surface area (Å²) in [6.07, 6.45) is 1.18. The van der Waals surface area contributed by atoms with Gasteiger partial charge in [-0.3, -0.25) is 19.7 Å². The summed E-state index contributed by atoms with van der Waals surface area (Å²) in [5, 5.41) is 16.9. The van der Waals surface area contributed by atoms with Crippen molar-refractivity contribution >= 4 is 23.7 Å². The number of para-hydroxylation sites is 1. The van der Waals surface area contributed by atoms with E-state index in [1.165, 1.54) is 24.4 Å². The molecule has 0 saturated heterocycles. The van der Waals surface area contributed by atoms with Gasteiger partial charge in [0.25, 0.3) is 17.5 Å². The molecular formula is C16H14N4O4. The Hall–Kier alpha value is -3.55. The Kier molecular flexibility index (Phi) is 5.73. The second-order valence-electron chi connectivity index (χ2n) is 4.66. The van der Waals surface area contributed by atoms with Crippen LogP contribution < -0.4 is 10.7 Å². The molecule has 24 heavy (non-hydrogen) atoms. The van der Waals surface area contributed by atoms with Crippen LogP contribution in [0.5, 0.6) is 0 Å². The van der Waals surface area contributed by atoms with Crippen molar-refractivity contribution in [3.63, 3.8) is 0 Å². The molecule has 0 radical (unpaired) electrons. The predicted octanol–water partition coefficient (Wildman–Crippen LogP) is 1.47. The van der Waals surface area contributed by atoms with Crippen molar-refractivity contribution in [2.24, 2.45) is 5.10 Å². The Bertz CT molecular complexity index is 775. The number of nitro groups is 1. The molecule has 0 spiro atoms. The second-order valence-corrected chi connectivity index (χ2v) is 4.66. The molecule has 0 saturated carbocycles. The molecule has 2 aromatic carbocycles. The van der Waals surface area contributed by atoms with Gasteiger partial charge in [0, 0.05) is 11.6 Å². The van der Waals surface area contributed by atoms with Crippen molar-refractivity contribution in [1.29, 1.82) is 0 Å². The van der Waals surface area contributed by atoms with E-state index in [2.05, 4.69) is 15.8 Å². The standard InChI is InChI=1S/C16H14N4O4/c21-15(11-17-16(22)12-6-2-1-3-7-12)19-18-10-13-8-4-5-9-14(13)20(23)24/h1-10H,11H2,(H,17,22)(H,19,21). The summed E-state index contributed by atoms with van der Waals surface area (Å²) in [6.45, 7) is -0.262. The SMILES string of the molecule is O=C(CNC(=O)c1ccccc1)NN=Cc1ccccc1[N+](=O)[O-]. The molecule has 0 unspecified atom stereocenters. The van der Waals surface area contributed by atoms with E-state index in [-0.39, 0.29) is 23.7 Å². The Labute approximate surface area is 137 Å². The molecule has 0 aliphatic carbocycles. The van der Waals surface area contributed by atoms with Gasteiger partial charge < -0.3 is 5.32 Å². The molecule has 0 aliphatic heterocycles. The quantitative estimate of drug-likeness (QED) is 0.475. The van der Waals surface area contributed by atoms with Gasteiger partial charge in [-0.2, -0.15) is 5.10 Å². The van der Waals surface area contributed by atoms with Gasteiger partial charge in [-0.15, -0.1) is 0 Å². The number of nitrogens with one attached hydrogen (secondary N) is 2. The van der Waals surface area contributed by atoms with Crippen molar-refractivity contribution in [3.8, 4) is 0 Å². The molecule has 122 valence electrons.